The van der Waals surface area contributed by atoms with E-state index in [2.05, 4.69) is 15.3 Å². The lowest BCUT2D eigenvalue weighted by Gasteiger charge is -2.05. The summed E-state index contributed by atoms with van der Waals surface area (Å²) in [6.07, 6.45) is 0. The summed E-state index contributed by atoms with van der Waals surface area (Å²) in [5.41, 5.74) is 9.29. The normalized spacial score (nSPS) is 9.63. The quantitative estimate of drug-likeness (QED) is 0.388. The van der Waals surface area contributed by atoms with Crippen LogP contribution < -0.4 is 5.32 Å². The predicted octanol–water partition coefficient (Wildman–Crippen LogP) is 2.79. The highest BCUT2D eigenvalue weighted by molar-refractivity contribution is 7.16. The molecule has 0 aliphatic heterocycles. The van der Waals surface area contributed by atoms with Crippen LogP contribution in [0.5, 0.6) is 0 Å². The summed E-state index contributed by atoms with van der Waals surface area (Å²) < 4.78 is 4.96. The SMILES string of the molecule is CCOC(=O)c1c(NC(=O)CN=[N+]=[N-])sc(C)c1C. The molecule has 7 nitrogen and oxygen atoms in total. The minimum Gasteiger partial charge on any atom is -0.462 e. The minimum atomic E-state index is -0.469. The van der Waals surface area contributed by atoms with Gasteiger partial charge in [-0.3, -0.25) is 4.79 Å². The fourth-order valence-electron chi connectivity index (χ4n) is 1.43. The van der Waals surface area contributed by atoms with Crippen molar-refractivity contribution in [3.63, 3.8) is 0 Å². The van der Waals surface area contributed by atoms with Gasteiger partial charge in [0.15, 0.2) is 0 Å². The highest BCUT2D eigenvalue weighted by atomic mass is 32.1. The molecule has 0 aliphatic carbocycles. The lowest BCUT2D eigenvalue weighted by atomic mass is 10.1. The first-order chi connectivity index (χ1) is 9.01. The van der Waals surface area contributed by atoms with Crippen LogP contribution in [-0.2, 0) is 9.53 Å². The smallest absolute Gasteiger partial charge is 0.341 e. The second-order valence-corrected chi connectivity index (χ2v) is 4.87. The molecule has 0 atom stereocenters. The van der Waals surface area contributed by atoms with E-state index in [-0.39, 0.29) is 13.2 Å². The first kappa shape index (κ1) is 15.0. The molecule has 1 rings (SSSR count). The van der Waals surface area contributed by atoms with Crippen molar-refractivity contribution in [2.45, 2.75) is 20.8 Å². The number of amides is 1. The number of hydrogen-bond donors (Lipinski definition) is 1. The first-order valence-corrected chi connectivity index (χ1v) is 6.40. The van der Waals surface area contributed by atoms with E-state index in [0.29, 0.717) is 10.6 Å². The van der Waals surface area contributed by atoms with Gasteiger partial charge in [0.25, 0.3) is 0 Å². The van der Waals surface area contributed by atoms with Crippen molar-refractivity contribution in [1.29, 1.82) is 0 Å². The molecule has 0 radical (unpaired) electrons. The number of azide groups is 1. The molecule has 8 heteroatoms. The summed E-state index contributed by atoms with van der Waals surface area (Å²) in [5.74, 6) is -0.937. The van der Waals surface area contributed by atoms with Gasteiger partial charge in [-0.2, -0.15) is 0 Å². The molecule has 19 heavy (non-hydrogen) atoms. The Hall–Kier alpha value is -2.05. The van der Waals surface area contributed by atoms with Crippen molar-refractivity contribution in [3.8, 4) is 0 Å². The first-order valence-electron chi connectivity index (χ1n) is 5.59. The van der Waals surface area contributed by atoms with Crippen LogP contribution in [0.25, 0.3) is 10.4 Å². The Morgan fingerprint density at radius 2 is 2.16 bits per heavy atom. The highest BCUT2D eigenvalue weighted by Gasteiger charge is 2.21. The molecule has 0 fully saturated rings. The van der Waals surface area contributed by atoms with E-state index in [1.165, 1.54) is 11.3 Å². The highest BCUT2D eigenvalue weighted by Crippen LogP contribution is 2.32. The minimum absolute atomic E-state index is 0.263. The third-order valence-corrected chi connectivity index (χ3v) is 3.52. The van der Waals surface area contributed by atoms with Crippen LogP contribution in [0.2, 0.25) is 0 Å². The van der Waals surface area contributed by atoms with Crippen molar-refractivity contribution < 1.29 is 14.3 Å². The summed E-state index contributed by atoms with van der Waals surface area (Å²) in [5, 5.41) is 6.15. The maximum atomic E-state index is 11.8. The number of rotatable bonds is 5. The molecule has 0 aromatic carbocycles. The molecule has 1 heterocycles. The maximum Gasteiger partial charge on any atom is 0.341 e. The molecular formula is C11H14N4O3S. The monoisotopic (exact) mass is 282 g/mol. The summed E-state index contributed by atoms with van der Waals surface area (Å²) in [7, 11) is 0. The van der Waals surface area contributed by atoms with Gasteiger partial charge in [-0.05, 0) is 31.9 Å². The third-order valence-electron chi connectivity index (χ3n) is 2.40. The zero-order valence-electron chi connectivity index (χ0n) is 10.9. The summed E-state index contributed by atoms with van der Waals surface area (Å²) >= 11 is 1.29. The number of nitrogens with one attached hydrogen (secondary N) is 1. The number of thiophene rings is 1. The van der Waals surface area contributed by atoms with Gasteiger partial charge >= 0.3 is 5.97 Å². The van der Waals surface area contributed by atoms with Gasteiger partial charge in [-0.15, -0.1) is 11.3 Å². The van der Waals surface area contributed by atoms with E-state index < -0.39 is 11.9 Å². The zero-order valence-corrected chi connectivity index (χ0v) is 11.7. The van der Waals surface area contributed by atoms with Crippen LogP contribution in [0.3, 0.4) is 0 Å². The Balaban J connectivity index is 3.00. The number of anilines is 1. The van der Waals surface area contributed by atoms with Gasteiger partial charge in [0.05, 0.1) is 12.2 Å². The average Bonchev–Trinajstić information content (AvgIpc) is 2.62. The standard InChI is InChI=1S/C11H14N4O3S/c1-4-18-11(17)9-6(2)7(3)19-10(9)14-8(16)5-13-15-12/h4-5H2,1-3H3,(H,14,16). The molecule has 0 bridgehead atoms. The lowest BCUT2D eigenvalue weighted by Crippen LogP contribution is -2.16. The molecule has 1 aromatic heterocycles. The van der Waals surface area contributed by atoms with Crippen LogP contribution >= 0.6 is 11.3 Å². The van der Waals surface area contributed by atoms with E-state index in [9.17, 15) is 9.59 Å². The van der Waals surface area contributed by atoms with Gasteiger partial charge < -0.3 is 10.1 Å². The molecule has 0 saturated heterocycles. The van der Waals surface area contributed by atoms with E-state index in [1.807, 2.05) is 6.92 Å². The second-order valence-electron chi connectivity index (χ2n) is 3.64. The number of hydrogen-bond acceptors (Lipinski definition) is 5. The summed E-state index contributed by atoms with van der Waals surface area (Å²) in [6, 6.07) is 0. The average molecular weight is 282 g/mol. The fourth-order valence-corrected chi connectivity index (χ4v) is 2.49. The zero-order chi connectivity index (χ0) is 14.4. The molecule has 1 amide bonds. The molecule has 0 unspecified atom stereocenters. The third kappa shape index (κ3) is 3.70. The largest absolute Gasteiger partial charge is 0.462 e. The molecule has 0 aliphatic rings. The Morgan fingerprint density at radius 3 is 2.74 bits per heavy atom. The number of carbonyl (C=O) groups excluding carboxylic acids is 2. The van der Waals surface area contributed by atoms with Crippen molar-refractivity contribution in [2.75, 3.05) is 18.5 Å². The molecule has 1 N–H and O–H groups in total. The molecule has 1 aromatic rings. The van der Waals surface area contributed by atoms with Crippen LogP contribution in [0, 0.1) is 13.8 Å². The Labute approximate surface area is 114 Å². The number of esters is 1. The van der Waals surface area contributed by atoms with E-state index in [0.717, 1.165) is 10.4 Å². The van der Waals surface area contributed by atoms with E-state index >= 15 is 0 Å². The van der Waals surface area contributed by atoms with Gasteiger partial charge in [-0.1, -0.05) is 5.11 Å². The van der Waals surface area contributed by atoms with E-state index in [4.69, 9.17) is 10.3 Å². The Morgan fingerprint density at radius 1 is 1.47 bits per heavy atom. The maximum absolute atomic E-state index is 11.8. The number of carbonyl (C=O) groups is 2. The fraction of sp³-hybridized carbons (Fsp3) is 0.455. The molecule has 0 saturated carbocycles. The van der Waals surface area contributed by atoms with Crippen LogP contribution in [0.4, 0.5) is 5.00 Å². The second kappa shape index (κ2) is 6.77. The Kier molecular flexibility index (Phi) is 5.35. The molecular weight excluding hydrogens is 268 g/mol. The van der Waals surface area contributed by atoms with Crippen molar-refractivity contribution in [3.05, 3.63) is 26.4 Å². The van der Waals surface area contributed by atoms with E-state index in [1.54, 1.807) is 13.8 Å². The topological polar surface area (TPSA) is 104 Å². The van der Waals surface area contributed by atoms with Crippen LogP contribution in [-0.4, -0.2) is 25.0 Å². The number of aryl methyl sites for hydroxylation is 1. The lowest BCUT2D eigenvalue weighted by molar-refractivity contribution is -0.114. The van der Waals surface area contributed by atoms with Gasteiger partial charge in [0.1, 0.15) is 11.5 Å². The molecule has 102 valence electrons. The number of nitrogens with zero attached hydrogens (tertiary/aromatic N) is 3. The van der Waals surface area contributed by atoms with Crippen molar-refractivity contribution in [1.82, 2.24) is 0 Å². The van der Waals surface area contributed by atoms with Crippen LogP contribution in [0.1, 0.15) is 27.7 Å². The van der Waals surface area contributed by atoms with Gasteiger partial charge in [-0.25, -0.2) is 4.79 Å². The van der Waals surface area contributed by atoms with Gasteiger partial charge in [0, 0.05) is 9.79 Å². The van der Waals surface area contributed by atoms with Crippen molar-refractivity contribution in [2.24, 2.45) is 5.11 Å². The van der Waals surface area contributed by atoms with Gasteiger partial charge in [0.2, 0.25) is 5.91 Å². The predicted molar refractivity (Wildman–Crippen MR) is 72.4 cm³/mol. The summed E-state index contributed by atoms with van der Waals surface area (Å²) in [4.78, 5) is 26.8. The Bertz CT molecular complexity index is 546. The molecule has 0 spiro atoms. The number of ether oxygens (including phenoxy) is 1. The van der Waals surface area contributed by atoms with Crippen LogP contribution in [0.15, 0.2) is 5.11 Å². The van der Waals surface area contributed by atoms with Crippen molar-refractivity contribution >= 4 is 28.2 Å². The summed E-state index contributed by atoms with van der Waals surface area (Å²) in [6.45, 7) is 5.31.